The van der Waals surface area contributed by atoms with Crippen molar-refractivity contribution in [1.82, 2.24) is 10.2 Å². The number of amides is 1. The first-order valence-corrected chi connectivity index (χ1v) is 9.70. The number of nitrogens with one attached hydrogen (secondary N) is 1. The fourth-order valence-corrected chi connectivity index (χ4v) is 3.29. The minimum absolute atomic E-state index is 0.135. The minimum atomic E-state index is -0.135. The second-order valence-corrected chi connectivity index (χ2v) is 7.54. The van der Waals surface area contributed by atoms with Crippen molar-refractivity contribution in [2.24, 2.45) is 0 Å². The molecule has 6 heteroatoms. The molecule has 1 heterocycles. The Bertz CT molecular complexity index is 813. The molecule has 0 unspecified atom stereocenters. The molecule has 3 rings (SSSR count). The summed E-state index contributed by atoms with van der Waals surface area (Å²) in [6.45, 7) is 4.38. The zero-order valence-electron chi connectivity index (χ0n) is 15.3. The molecule has 27 heavy (non-hydrogen) atoms. The van der Waals surface area contributed by atoms with Gasteiger partial charge in [0.05, 0.1) is 0 Å². The molecule has 1 fully saturated rings. The molecule has 4 nitrogen and oxygen atoms in total. The highest BCUT2D eigenvalue weighted by atomic mass is 35.5. The van der Waals surface area contributed by atoms with Gasteiger partial charge in [0.15, 0.2) is 0 Å². The van der Waals surface area contributed by atoms with E-state index in [1.165, 1.54) is 0 Å². The zero-order chi connectivity index (χ0) is 19.2. The molecular formula is C21H23Cl2N3O. The van der Waals surface area contributed by atoms with Crippen molar-refractivity contribution in [3.8, 4) is 0 Å². The Kier molecular flexibility index (Phi) is 6.78. The highest BCUT2D eigenvalue weighted by Crippen LogP contribution is 2.27. The summed E-state index contributed by atoms with van der Waals surface area (Å²) in [5.41, 5.74) is 3.06. The smallest absolute Gasteiger partial charge is 0.244 e. The van der Waals surface area contributed by atoms with Gasteiger partial charge in [-0.3, -0.25) is 4.79 Å². The molecule has 0 aliphatic carbocycles. The van der Waals surface area contributed by atoms with Crippen LogP contribution in [0.25, 0.3) is 6.08 Å². The van der Waals surface area contributed by atoms with E-state index >= 15 is 0 Å². The lowest BCUT2D eigenvalue weighted by Gasteiger charge is -2.35. The van der Waals surface area contributed by atoms with Crippen molar-refractivity contribution in [3.05, 3.63) is 69.7 Å². The van der Waals surface area contributed by atoms with Crippen LogP contribution in [0.4, 0.5) is 5.69 Å². The Labute approximate surface area is 170 Å². The van der Waals surface area contributed by atoms with Crippen molar-refractivity contribution in [2.45, 2.75) is 6.54 Å². The number of hydrogen-bond acceptors (Lipinski definition) is 3. The van der Waals surface area contributed by atoms with Gasteiger partial charge in [0.1, 0.15) is 0 Å². The Morgan fingerprint density at radius 2 is 1.70 bits per heavy atom. The van der Waals surface area contributed by atoms with Gasteiger partial charge >= 0.3 is 0 Å². The lowest BCUT2D eigenvalue weighted by molar-refractivity contribution is -0.116. The first kappa shape index (κ1) is 19.7. The largest absolute Gasteiger partial charge is 0.368 e. The topological polar surface area (TPSA) is 35.6 Å². The van der Waals surface area contributed by atoms with Gasteiger partial charge in [0, 0.05) is 54.5 Å². The van der Waals surface area contributed by atoms with Gasteiger partial charge in [-0.1, -0.05) is 41.4 Å². The van der Waals surface area contributed by atoms with E-state index in [1.54, 1.807) is 6.08 Å². The van der Waals surface area contributed by atoms with Crippen LogP contribution in [0.3, 0.4) is 0 Å². The molecule has 2 aromatic carbocycles. The van der Waals surface area contributed by atoms with Crippen LogP contribution in [0.5, 0.6) is 0 Å². The van der Waals surface area contributed by atoms with Gasteiger partial charge in [-0.2, -0.15) is 0 Å². The van der Waals surface area contributed by atoms with Crippen LogP contribution in [0.2, 0.25) is 10.0 Å². The fraction of sp³-hybridized carbons (Fsp3) is 0.286. The lowest BCUT2D eigenvalue weighted by Crippen LogP contribution is -2.44. The van der Waals surface area contributed by atoms with Crippen LogP contribution < -0.4 is 10.2 Å². The van der Waals surface area contributed by atoms with Crippen molar-refractivity contribution in [1.29, 1.82) is 0 Å². The van der Waals surface area contributed by atoms with Gasteiger partial charge < -0.3 is 15.1 Å². The first-order chi connectivity index (χ1) is 13.0. The van der Waals surface area contributed by atoms with Crippen molar-refractivity contribution in [2.75, 3.05) is 38.1 Å². The van der Waals surface area contributed by atoms with Crippen LogP contribution in [0, 0.1) is 0 Å². The monoisotopic (exact) mass is 403 g/mol. The molecule has 0 saturated carbocycles. The van der Waals surface area contributed by atoms with Crippen molar-refractivity contribution < 1.29 is 4.79 Å². The van der Waals surface area contributed by atoms with Gasteiger partial charge in [0.2, 0.25) is 5.91 Å². The standard InChI is InChI=1S/C21H23Cl2N3O/c1-25-10-12-26(13-11-25)20-14-19(23)8-4-17(20)5-9-21(27)24-15-16-2-6-18(22)7-3-16/h2-9,14H,10-13,15H2,1H3,(H,24,27). The molecular weight excluding hydrogens is 381 g/mol. The number of likely N-dealkylation sites (N-methyl/N-ethyl adjacent to an activating group) is 1. The number of nitrogens with zero attached hydrogens (tertiary/aromatic N) is 2. The molecule has 1 saturated heterocycles. The van der Waals surface area contributed by atoms with E-state index < -0.39 is 0 Å². The molecule has 1 N–H and O–H groups in total. The maximum atomic E-state index is 12.2. The normalized spacial score (nSPS) is 15.3. The van der Waals surface area contributed by atoms with E-state index in [-0.39, 0.29) is 5.91 Å². The Morgan fingerprint density at radius 3 is 2.41 bits per heavy atom. The van der Waals surface area contributed by atoms with E-state index in [4.69, 9.17) is 23.2 Å². The van der Waals surface area contributed by atoms with Crippen molar-refractivity contribution in [3.63, 3.8) is 0 Å². The van der Waals surface area contributed by atoms with Crippen LogP contribution in [0.1, 0.15) is 11.1 Å². The molecule has 0 atom stereocenters. The quantitative estimate of drug-likeness (QED) is 0.763. The number of hydrogen-bond donors (Lipinski definition) is 1. The van der Waals surface area contributed by atoms with E-state index in [0.717, 1.165) is 43.0 Å². The summed E-state index contributed by atoms with van der Waals surface area (Å²) in [4.78, 5) is 16.8. The number of anilines is 1. The second kappa shape index (κ2) is 9.27. The second-order valence-electron chi connectivity index (χ2n) is 6.67. The zero-order valence-corrected chi connectivity index (χ0v) is 16.8. The summed E-state index contributed by atoms with van der Waals surface area (Å²) in [5, 5.41) is 4.28. The maximum Gasteiger partial charge on any atom is 0.244 e. The van der Waals surface area contributed by atoms with Gasteiger partial charge in [-0.05, 0) is 48.5 Å². The number of piperazine rings is 1. The summed E-state index contributed by atoms with van der Waals surface area (Å²) in [6.07, 6.45) is 3.42. The number of rotatable bonds is 5. The molecule has 0 radical (unpaired) electrons. The predicted octanol–water partition coefficient (Wildman–Crippen LogP) is 4.07. The van der Waals surface area contributed by atoms with Crippen LogP contribution in [0.15, 0.2) is 48.5 Å². The first-order valence-electron chi connectivity index (χ1n) is 8.95. The third kappa shape index (κ3) is 5.73. The summed E-state index contributed by atoms with van der Waals surface area (Å²) < 4.78 is 0. The van der Waals surface area contributed by atoms with Crippen LogP contribution >= 0.6 is 23.2 Å². The summed E-state index contributed by atoms with van der Waals surface area (Å²) in [5.74, 6) is -0.135. The number of carbonyl (C=O) groups excluding carboxylic acids is 1. The molecule has 1 aliphatic heterocycles. The third-order valence-electron chi connectivity index (χ3n) is 4.63. The average molecular weight is 404 g/mol. The Balaban J connectivity index is 1.65. The van der Waals surface area contributed by atoms with Crippen LogP contribution in [-0.2, 0) is 11.3 Å². The summed E-state index contributed by atoms with van der Waals surface area (Å²) in [6, 6.07) is 13.2. The average Bonchev–Trinajstić information content (AvgIpc) is 2.67. The van der Waals surface area contributed by atoms with Crippen LogP contribution in [-0.4, -0.2) is 44.0 Å². The molecule has 1 aliphatic rings. The maximum absolute atomic E-state index is 12.2. The summed E-state index contributed by atoms with van der Waals surface area (Å²) >= 11 is 12.1. The molecule has 0 bridgehead atoms. The minimum Gasteiger partial charge on any atom is -0.368 e. The molecule has 2 aromatic rings. The number of benzene rings is 2. The predicted molar refractivity (Wildman–Crippen MR) is 113 cm³/mol. The van der Waals surface area contributed by atoms with E-state index in [9.17, 15) is 4.79 Å². The number of halogens is 2. The SMILES string of the molecule is CN1CCN(c2cc(Cl)ccc2C=CC(=O)NCc2ccc(Cl)cc2)CC1. The molecule has 1 amide bonds. The third-order valence-corrected chi connectivity index (χ3v) is 5.12. The fourth-order valence-electron chi connectivity index (χ4n) is 2.99. The number of carbonyl (C=O) groups is 1. The molecule has 142 valence electrons. The van der Waals surface area contributed by atoms with E-state index in [0.29, 0.717) is 16.6 Å². The lowest BCUT2D eigenvalue weighted by atomic mass is 10.1. The Morgan fingerprint density at radius 1 is 1.04 bits per heavy atom. The van der Waals surface area contributed by atoms with Gasteiger partial charge in [-0.25, -0.2) is 0 Å². The van der Waals surface area contributed by atoms with E-state index in [1.807, 2.05) is 48.5 Å². The van der Waals surface area contributed by atoms with Crippen molar-refractivity contribution >= 4 is 40.9 Å². The molecule has 0 spiro atoms. The molecule has 0 aromatic heterocycles. The highest BCUT2D eigenvalue weighted by Gasteiger charge is 2.16. The summed E-state index contributed by atoms with van der Waals surface area (Å²) in [7, 11) is 2.13. The van der Waals surface area contributed by atoms with Gasteiger partial charge in [-0.15, -0.1) is 0 Å². The van der Waals surface area contributed by atoms with Gasteiger partial charge in [0.25, 0.3) is 0 Å². The van der Waals surface area contributed by atoms with E-state index in [2.05, 4.69) is 22.2 Å². The Hall–Kier alpha value is -2.01. The highest BCUT2D eigenvalue weighted by molar-refractivity contribution is 6.31.